The number of anilines is 1. The highest BCUT2D eigenvalue weighted by Gasteiger charge is 2.31. The summed E-state index contributed by atoms with van der Waals surface area (Å²) < 4.78 is 16.3. The molecule has 11 heteroatoms. The zero-order valence-corrected chi connectivity index (χ0v) is 24.0. The smallest absolute Gasteiger partial charge is 0.357 e. The standard InChI is InChI=1S/C30H30ClFN6O3/c1-6-23(40)36-13-14-37(17(2)16-36)26-18-15-20(31)25(24-21(32)10-7-11-22(24)39)34-27(18)38(29(41)35-26)28-19(30(3,4)5)9-8-12-33-28/h6-12,15,17,39H,1,13-14,16H2,2-5H3/t17-/m0/s1. The van der Waals surface area contributed by atoms with Gasteiger partial charge in [0.1, 0.15) is 23.2 Å². The van der Waals surface area contributed by atoms with Crippen molar-refractivity contribution in [3.8, 4) is 22.8 Å². The number of phenolic OH excluding ortho intramolecular Hbond substituents is 1. The number of hydrogen-bond acceptors (Lipinski definition) is 7. The van der Waals surface area contributed by atoms with Crippen LogP contribution in [-0.4, -0.2) is 61.1 Å². The Morgan fingerprint density at radius 1 is 1.17 bits per heavy atom. The minimum atomic E-state index is -0.716. The van der Waals surface area contributed by atoms with Gasteiger partial charge in [0.05, 0.1) is 21.7 Å². The lowest BCUT2D eigenvalue weighted by Crippen LogP contribution is -2.54. The van der Waals surface area contributed by atoms with Crippen LogP contribution < -0.4 is 10.6 Å². The Hall–Kier alpha value is -4.31. The molecule has 5 rings (SSSR count). The zero-order chi connectivity index (χ0) is 29.6. The van der Waals surface area contributed by atoms with E-state index in [0.29, 0.717) is 36.7 Å². The Labute approximate surface area is 241 Å². The van der Waals surface area contributed by atoms with Crippen molar-refractivity contribution in [3.63, 3.8) is 0 Å². The molecule has 1 saturated heterocycles. The number of hydrogen-bond donors (Lipinski definition) is 1. The molecular weight excluding hydrogens is 547 g/mol. The average Bonchev–Trinajstić information content (AvgIpc) is 2.92. The molecule has 1 aliphatic rings. The number of piperazine rings is 1. The predicted octanol–water partition coefficient (Wildman–Crippen LogP) is 4.86. The topological polar surface area (TPSA) is 104 Å². The number of aromatic nitrogens is 4. The summed E-state index contributed by atoms with van der Waals surface area (Å²) in [6.07, 6.45) is 2.86. The molecule has 1 amide bonds. The molecule has 41 heavy (non-hydrogen) atoms. The van der Waals surface area contributed by atoms with E-state index < -0.39 is 16.9 Å². The second-order valence-electron chi connectivity index (χ2n) is 11.0. The first-order valence-electron chi connectivity index (χ1n) is 13.2. The summed E-state index contributed by atoms with van der Waals surface area (Å²) in [6.45, 7) is 12.7. The molecule has 4 aromatic rings. The highest BCUT2D eigenvalue weighted by Crippen LogP contribution is 2.39. The van der Waals surface area contributed by atoms with Crippen molar-refractivity contribution < 1.29 is 14.3 Å². The van der Waals surface area contributed by atoms with Crippen LogP contribution in [0.1, 0.15) is 33.3 Å². The molecular formula is C30H30ClFN6O3. The maximum atomic E-state index is 15.0. The van der Waals surface area contributed by atoms with Gasteiger partial charge in [-0.1, -0.05) is 51.1 Å². The van der Waals surface area contributed by atoms with Crippen LogP contribution >= 0.6 is 11.6 Å². The first kappa shape index (κ1) is 28.2. The molecule has 3 aromatic heterocycles. The van der Waals surface area contributed by atoms with Gasteiger partial charge in [-0.2, -0.15) is 4.98 Å². The highest BCUT2D eigenvalue weighted by molar-refractivity contribution is 6.34. The molecule has 212 valence electrons. The average molecular weight is 577 g/mol. The number of aromatic hydroxyl groups is 1. The van der Waals surface area contributed by atoms with Gasteiger partial charge in [0.25, 0.3) is 0 Å². The minimum absolute atomic E-state index is 0.0252. The van der Waals surface area contributed by atoms with E-state index in [1.807, 2.05) is 38.7 Å². The van der Waals surface area contributed by atoms with E-state index in [4.69, 9.17) is 16.6 Å². The number of fused-ring (bicyclic) bond motifs is 1. The molecule has 1 aromatic carbocycles. The number of phenols is 1. The molecule has 9 nitrogen and oxygen atoms in total. The van der Waals surface area contributed by atoms with Crippen molar-refractivity contribution >= 4 is 34.4 Å². The van der Waals surface area contributed by atoms with Gasteiger partial charge in [-0.15, -0.1) is 0 Å². The summed E-state index contributed by atoms with van der Waals surface area (Å²) in [7, 11) is 0. The Kier molecular flexibility index (Phi) is 7.29. The molecule has 1 atom stereocenters. The molecule has 4 heterocycles. The molecule has 0 aliphatic carbocycles. The van der Waals surface area contributed by atoms with Gasteiger partial charge >= 0.3 is 5.69 Å². The monoisotopic (exact) mass is 576 g/mol. The summed E-state index contributed by atoms with van der Waals surface area (Å²) in [6, 6.07) is 8.97. The number of pyridine rings is 2. The van der Waals surface area contributed by atoms with Crippen molar-refractivity contribution in [1.82, 2.24) is 24.4 Å². The van der Waals surface area contributed by atoms with Gasteiger partial charge in [0, 0.05) is 37.4 Å². The zero-order valence-electron chi connectivity index (χ0n) is 23.2. The number of carbonyl (C=O) groups excluding carboxylic acids is 1. The van der Waals surface area contributed by atoms with Crippen molar-refractivity contribution in [3.05, 3.63) is 82.1 Å². The van der Waals surface area contributed by atoms with E-state index in [2.05, 4.69) is 16.5 Å². The lowest BCUT2D eigenvalue weighted by molar-refractivity contribution is -0.126. The maximum Gasteiger partial charge on any atom is 0.357 e. The number of nitrogens with zero attached hydrogens (tertiary/aromatic N) is 6. The Morgan fingerprint density at radius 2 is 1.93 bits per heavy atom. The van der Waals surface area contributed by atoms with Crippen molar-refractivity contribution in [1.29, 1.82) is 0 Å². The van der Waals surface area contributed by atoms with Crippen LogP contribution in [0.2, 0.25) is 5.02 Å². The van der Waals surface area contributed by atoms with Gasteiger partial charge in [0.2, 0.25) is 5.91 Å². The summed E-state index contributed by atoms with van der Waals surface area (Å²) in [5.41, 5.74) is -0.304. The van der Waals surface area contributed by atoms with Gasteiger partial charge in [-0.3, -0.25) is 4.79 Å². The van der Waals surface area contributed by atoms with Crippen molar-refractivity contribution in [2.75, 3.05) is 24.5 Å². The number of carbonyl (C=O) groups is 1. The van der Waals surface area contributed by atoms with E-state index in [9.17, 15) is 19.1 Å². The van der Waals surface area contributed by atoms with Crippen LogP contribution in [0.25, 0.3) is 28.1 Å². The van der Waals surface area contributed by atoms with E-state index in [0.717, 1.165) is 5.56 Å². The Bertz CT molecular complexity index is 1730. The van der Waals surface area contributed by atoms with Crippen LogP contribution in [0, 0.1) is 5.82 Å². The summed E-state index contributed by atoms with van der Waals surface area (Å²) >= 11 is 6.70. The third kappa shape index (κ3) is 5.04. The molecule has 0 radical (unpaired) electrons. The largest absolute Gasteiger partial charge is 0.507 e. The SMILES string of the molecule is C=CC(=O)N1CCN(c2nc(=O)n(-c3ncccc3C(C)(C)C)c3nc(-c4c(O)cccc4F)c(Cl)cc23)[C@@H](C)C1. The van der Waals surface area contributed by atoms with Crippen LogP contribution in [0.15, 0.2) is 60.0 Å². The quantitative estimate of drug-likeness (QED) is 0.346. The molecule has 1 N–H and O–H groups in total. The van der Waals surface area contributed by atoms with E-state index in [-0.39, 0.29) is 39.6 Å². The third-order valence-corrected chi connectivity index (χ3v) is 7.51. The van der Waals surface area contributed by atoms with E-state index in [1.165, 1.54) is 28.8 Å². The van der Waals surface area contributed by atoms with Crippen molar-refractivity contribution in [2.45, 2.75) is 39.2 Å². The summed E-state index contributed by atoms with van der Waals surface area (Å²) in [5.74, 6) is -0.555. The fourth-order valence-electron chi connectivity index (χ4n) is 5.20. The number of benzene rings is 1. The van der Waals surface area contributed by atoms with Gasteiger partial charge in [-0.05, 0) is 42.7 Å². The molecule has 1 aliphatic heterocycles. The molecule has 0 saturated carbocycles. The molecule has 0 spiro atoms. The first-order valence-corrected chi connectivity index (χ1v) is 13.5. The van der Waals surface area contributed by atoms with Crippen LogP contribution in [0.4, 0.5) is 10.2 Å². The first-order chi connectivity index (χ1) is 19.4. The minimum Gasteiger partial charge on any atom is -0.507 e. The highest BCUT2D eigenvalue weighted by atomic mass is 35.5. The third-order valence-electron chi connectivity index (χ3n) is 7.22. The summed E-state index contributed by atoms with van der Waals surface area (Å²) in [5, 5.41) is 11.0. The van der Waals surface area contributed by atoms with E-state index >= 15 is 0 Å². The van der Waals surface area contributed by atoms with Crippen LogP contribution in [0.5, 0.6) is 5.75 Å². The lowest BCUT2D eigenvalue weighted by atomic mass is 9.87. The maximum absolute atomic E-state index is 15.0. The van der Waals surface area contributed by atoms with Gasteiger partial charge < -0.3 is 14.9 Å². The number of rotatable bonds is 4. The molecule has 1 fully saturated rings. The fourth-order valence-corrected chi connectivity index (χ4v) is 5.45. The van der Waals surface area contributed by atoms with Gasteiger partial charge in [-0.25, -0.2) is 23.7 Å². The number of amides is 1. The number of halogens is 2. The normalized spacial score (nSPS) is 15.8. The van der Waals surface area contributed by atoms with Crippen LogP contribution in [-0.2, 0) is 10.2 Å². The van der Waals surface area contributed by atoms with Crippen molar-refractivity contribution in [2.24, 2.45) is 0 Å². The lowest BCUT2D eigenvalue weighted by Gasteiger charge is -2.40. The van der Waals surface area contributed by atoms with Crippen LogP contribution in [0.3, 0.4) is 0 Å². The Morgan fingerprint density at radius 3 is 2.59 bits per heavy atom. The summed E-state index contributed by atoms with van der Waals surface area (Å²) in [4.78, 5) is 43.5. The van der Waals surface area contributed by atoms with E-state index in [1.54, 1.807) is 23.2 Å². The molecule has 0 unspecified atom stereocenters. The second kappa shape index (κ2) is 10.6. The Balaban J connectivity index is 1.82. The fraction of sp³-hybridized carbons (Fsp3) is 0.300. The van der Waals surface area contributed by atoms with Gasteiger partial charge in [0.15, 0.2) is 5.65 Å². The second-order valence-corrected chi connectivity index (χ2v) is 11.4. The molecule has 0 bridgehead atoms. The predicted molar refractivity (Wildman–Crippen MR) is 157 cm³/mol.